The predicted molar refractivity (Wildman–Crippen MR) is 142 cm³/mol. The number of rotatable bonds is 7. The van der Waals surface area contributed by atoms with Crippen LogP contribution in [0.15, 0.2) is 73.4 Å². The van der Waals surface area contributed by atoms with Gasteiger partial charge in [0.05, 0.1) is 24.6 Å². The Hall–Kier alpha value is -4.06. The number of amides is 1. The van der Waals surface area contributed by atoms with Crippen LogP contribution < -0.4 is 4.74 Å². The molecule has 0 aliphatic carbocycles. The first-order valence-corrected chi connectivity index (χ1v) is 12.6. The van der Waals surface area contributed by atoms with Gasteiger partial charge in [0.25, 0.3) is 5.91 Å². The van der Waals surface area contributed by atoms with Crippen LogP contribution in [0.2, 0.25) is 0 Å². The summed E-state index contributed by atoms with van der Waals surface area (Å²) >= 11 is 0. The van der Waals surface area contributed by atoms with Crippen molar-refractivity contribution in [2.45, 2.75) is 25.3 Å². The van der Waals surface area contributed by atoms with Crippen molar-refractivity contribution >= 4 is 17.2 Å². The standard InChI is InChI=1S/C29H28F6N4O2/c1-19(21-9-11-23(41-3)12-10-21)17-25(28(30,31)32)39-20(2)24(18-36-39)27(40)38-15-13-37(14-16-38)26(29(33,34)35)22-7-5-4-6-8-22/h4-12,17-18,26H,1,13-16H2,2-3H3/b25-17-. The van der Waals surface area contributed by atoms with Gasteiger partial charge in [0.2, 0.25) is 0 Å². The van der Waals surface area contributed by atoms with Crippen LogP contribution in [-0.2, 0) is 0 Å². The minimum Gasteiger partial charge on any atom is -0.497 e. The number of carbonyl (C=O) groups excluding carboxylic acids is 1. The minimum atomic E-state index is -4.83. The Labute approximate surface area is 233 Å². The van der Waals surface area contributed by atoms with Crippen LogP contribution in [0.25, 0.3) is 11.3 Å². The van der Waals surface area contributed by atoms with Crippen LogP contribution in [-0.4, -0.2) is 71.1 Å². The first kappa shape index (κ1) is 29.9. The Kier molecular flexibility index (Phi) is 8.62. The molecule has 2 heterocycles. The molecule has 2 aromatic carbocycles. The lowest BCUT2D eigenvalue weighted by atomic mass is 10.0. The summed E-state index contributed by atoms with van der Waals surface area (Å²) in [5.41, 5.74) is -0.675. The predicted octanol–water partition coefficient (Wildman–Crippen LogP) is 6.38. The van der Waals surface area contributed by atoms with Crippen molar-refractivity contribution in [3.05, 3.63) is 95.8 Å². The van der Waals surface area contributed by atoms with E-state index in [2.05, 4.69) is 11.7 Å². The van der Waals surface area contributed by atoms with E-state index in [1.807, 2.05) is 0 Å². The van der Waals surface area contributed by atoms with Crippen LogP contribution in [0.3, 0.4) is 0 Å². The van der Waals surface area contributed by atoms with Crippen molar-refractivity contribution in [1.82, 2.24) is 19.6 Å². The molecule has 1 aromatic heterocycles. The van der Waals surface area contributed by atoms with E-state index in [9.17, 15) is 31.1 Å². The van der Waals surface area contributed by atoms with Crippen LogP contribution in [0.5, 0.6) is 5.75 Å². The normalized spacial score (nSPS) is 16.0. The highest BCUT2D eigenvalue weighted by atomic mass is 19.4. The summed E-state index contributed by atoms with van der Waals surface area (Å²) in [4.78, 5) is 15.8. The second-order valence-corrected chi connectivity index (χ2v) is 9.52. The van der Waals surface area contributed by atoms with Gasteiger partial charge in [-0.1, -0.05) is 49.0 Å². The van der Waals surface area contributed by atoms with Crippen molar-refractivity contribution in [2.75, 3.05) is 33.3 Å². The summed E-state index contributed by atoms with van der Waals surface area (Å²) in [7, 11) is 1.47. The van der Waals surface area contributed by atoms with Crippen LogP contribution in [0.1, 0.15) is 33.2 Å². The van der Waals surface area contributed by atoms with E-state index in [1.54, 1.807) is 30.3 Å². The van der Waals surface area contributed by atoms with E-state index in [1.165, 1.54) is 48.1 Å². The molecule has 1 aliphatic heterocycles. The topological polar surface area (TPSA) is 50.6 Å². The fourth-order valence-electron chi connectivity index (χ4n) is 4.77. The third-order valence-corrected chi connectivity index (χ3v) is 6.92. The lowest BCUT2D eigenvalue weighted by Gasteiger charge is -2.40. The van der Waals surface area contributed by atoms with Crippen molar-refractivity contribution in [1.29, 1.82) is 0 Å². The molecule has 3 aromatic rings. The molecule has 1 aliphatic rings. The summed E-state index contributed by atoms with van der Waals surface area (Å²) in [6.45, 7) is 4.90. The van der Waals surface area contributed by atoms with Gasteiger partial charge in [-0.25, -0.2) is 4.68 Å². The zero-order chi connectivity index (χ0) is 29.9. The molecule has 0 bridgehead atoms. The van der Waals surface area contributed by atoms with Crippen LogP contribution >= 0.6 is 0 Å². The molecule has 1 atom stereocenters. The summed E-state index contributed by atoms with van der Waals surface area (Å²) in [5.74, 6) is -0.0744. The highest BCUT2D eigenvalue weighted by molar-refractivity contribution is 5.95. The van der Waals surface area contributed by atoms with Crippen molar-refractivity contribution < 1.29 is 35.9 Å². The maximum Gasteiger partial charge on any atom is 0.433 e. The molecular weight excluding hydrogens is 550 g/mol. The number of piperazine rings is 1. The number of ether oxygens (including phenoxy) is 1. The van der Waals surface area contributed by atoms with E-state index in [0.717, 1.165) is 12.3 Å². The molecule has 4 rings (SSSR count). The lowest BCUT2D eigenvalue weighted by Crippen LogP contribution is -2.52. The van der Waals surface area contributed by atoms with Gasteiger partial charge in [-0.2, -0.15) is 31.4 Å². The van der Waals surface area contributed by atoms with Gasteiger partial charge in [-0.15, -0.1) is 0 Å². The summed E-state index contributed by atoms with van der Waals surface area (Å²) in [6, 6.07) is 12.0. The number of carbonyl (C=O) groups is 1. The van der Waals surface area contributed by atoms with Crippen LogP contribution in [0.4, 0.5) is 26.3 Å². The number of nitrogens with zero attached hydrogens (tertiary/aromatic N) is 4. The minimum absolute atomic E-state index is 0.0287. The first-order chi connectivity index (χ1) is 19.3. The molecular formula is C29H28F6N4O2. The lowest BCUT2D eigenvalue weighted by molar-refractivity contribution is -0.189. The van der Waals surface area contributed by atoms with Gasteiger partial charge in [0.1, 0.15) is 17.5 Å². The number of hydrogen-bond donors (Lipinski definition) is 0. The maximum atomic E-state index is 14.1. The van der Waals surface area contributed by atoms with Gasteiger partial charge in [0.15, 0.2) is 0 Å². The van der Waals surface area contributed by atoms with E-state index in [4.69, 9.17) is 4.74 Å². The third kappa shape index (κ3) is 6.64. The van der Waals surface area contributed by atoms with E-state index in [-0.39, 0.29) is 48.6 Å². The molecule has 0 spiro atoms. The zero-order valence-electron chi connectivity index (χ0n) is 22.3. The molecule has 1 saturated heterocycles. The number of allylic oxidation sites excluding steroid dienone is 3. The largest absolute Gasteiger partial charge is 0.497 e. The summed E-state index contributed by atoms with van der Waals surface area (Å²) in [6.07, 6.45) is -7.47. The molecule has 218 valence electrons. The second-order valence-electron chi connectivity index (χ2n) is 9.52. The number of benzene rings is 2. The summed E-state index contributed by atoms with van der Waals surface area (Å²) < 4.78 is 89.8. The fourth-order valence-corrected chi connectivity index (χ4v) is 4.77. The highest BCUT2D eigenvalue weighted by Gasteiger charge is 2.45. The Bertz CT molecular complexity index is 1400. The monoisotopic (exact) mass is 578 g/mol. The summed E-state index contributed by atoms with van der Waals surface area (Å²) in [5, 5.41) is 3.85. The molecule has 41 heavy (non-hydrogen) atoms. The second kappa shape index (κ2) is 11.8. The van der Waals surface area contributed by atoms with E-state index < -0.39 is 30.0 Å². The molecule has 6 nitrogen and oxygen atoms in total. The zero-order valence-corrected chi connectivity index (χ0v) is 22.3. The number of hydrogen-bond acceptors (Lipinski definition) is 4. The molecule has 1 unspecified atom stereocenters. The number of alkyl halides is 6. The SMILES string of the molecule is C=C(/C=C(\n1ncc(C(=O)N2CCN(C(c3ccccc3)C(F)(F)F)CC2)c1C)C(F)(F)F)c1ccc(OC)cc1. The van der Waals surface area contributed by atoms with Gasteiger partial charge in [0, 0.05) is 26.2 Å². The smallest absolute Gasteiger partial charge is 0.433 e. The third-order valence-electron chi connectivity index (χ3n) is 6.92. The molecule has 1 fully saturated rings. The Balaban J connectivity index is 1.53. The number of aromatic nitrogens is 2. The number of halogens is 6. The van der Waals surface area contributed by atoms with Crippen molar-refractivity contribution in [3.63, 3.8) is 0 Å². The fraction of sp³-hybridized carbons (Fsp3) is 0.310. The molecule has 1 amide bonds. The maximum absolute atomic E-state index is 14.1. The van der Waals surface area contributed by atoms with Crippen molar-refractivity contribution in [3.8, 4) is 5.75 Å². The molecule has 12 heteroatoms. The number of methoxy groups -OCH3 is 1. The average Bonchev–Trinajstić information content (AvgIpc) is 3.31. The first-order valence-electron chi connectivity index (χ1n) is 12.6. The van der Waals surface area contributed by atoms with E-state index in [0.29, 0.717) is 16.0 Å². The molecule has 0 saturated carbocycles. The van der Waals surface area contributed by atoms with Gasteiger partial charge < -0.3 is 9.64 Å². The highest BCUT2D eigenvalue weighted by Crippen LogP contribution is 2.38. The quantitative estimate of drug-likeness (QED) is 0.241. The van der Waals surface area contributed by atoms with Gasteiger partial charge >= 0.3 is 12.4 Å². The molecule has 0 radical (unpaired) electrons. The van der Waals surface area contributed by atoms with Gasteiger partial charge in [-0.3, -0.25) is 9.69 Å². The van der Waals surface area contributed by atoms with Crippen molar-refractivity contribution in [2.24, 2.45) is 0 Å². The Morgan fingerprint density at radius 2 is 1.59 bits per heavy atom. The van der Waals surface area contributed by atoms with Gasteiger partial charge in [-0.05, 0) is 41.8 Å². The Morgan fingerprint density at radius 1 is 0.976 bits per heavy atom. The Morgan fingerprint density at radius 3 is 2.12 bits per heavy atom. The average molecular weight is 579 g/mol. The molecule has 0 N–H and O–H groups in total. The van der Waals surface area contributed by atoms with Crippen LogP contribution in [0, 0.1) is 6.92 Å². The van der Waals surface area contributed by atoms with E-state index >= 15 is 0 Å².